The quantitative estimate of drug-likeness (QED) is 0.166. The Hall–Kier alpha value is -4.60. The van der Waals surface area contributed by atoms with Crippen molar-refractivity contribution in [3.8, 4) is 17.6 Å². The van der Waals surface area contributed by atoms with Crippen molar-refractivity contribution in [2.75, 3.05) is 11.9 Å². The molecular formula is C32H26ClFN2O3. The van der Waals surface area contributed by atoms with Crippen LogP contribution in [0.15, 0.2) is 96.6 Å². The van der Waals surface area contributed by atoms with Crippen LogP contribution in [0.5, 0.6) is 11.5 Å². The fourth-order valence-corrected chi connectivity index (χ4v) is 4.20. The second-order valence-electron chi connectivity index (χ2n) is 8.64. The summed E-state index contributed by atoms with van der Waals surface area (Å²) in [5, 5.41) is 12.8. The first-order chi connectivity index (χ1) is 18.9. The van der Waals surface area contributed by atoms with Gasteiger partial charge in [-0.05, 0) is 78.2 Å². The molecule has 0 spiro atoms. The molecule has 0 aromatic heterocycles. The number of rotatable bonds is 10. The number of hydrogen-bond donors (Lipinski definition) is 1. The lowest BCUT2D eigenvalue weighted by molar-refractivity contribution is -0.112. The van der Waals surface area contributed by atoms with E-state index in [9.17, 15) is 14.4 Å². The maximum atomic E-state index is 13.7. The summed E-state index contributed by atoms with van der Waals surface area (Å²) in [6, 6.07) is 28.3. The highest BCUT2D eigenvalue weighted by Gasteiger charge is 2.15. The predicted octanol–water partition coefficient (Wildman–Crippen LogP) is 7.59. The molecule has 0 saturated carbocycles. The van der Waals surface area contributed by atoms with Gasteiger partial charge in [0.1, 0.15) is 35.6 Å². The van der Waals surface area contributed by atoms with Crippen LogP contribution in [0.4, 0.5) is 10.1 Å². The van der Waals surface area contributed by atoms with Gasteiger partial charge >= 0.3 is 0 Å². The molecule has 0 unspecified atom stereocenters. The summed E-state index contributed by atoms with van der Waals surface area (Å²) in [7, 11) is 0. The molecule has 4 aromatic rings. The number of ether oxygens (including phenoxy) is 2. The molecule has 5 nitrogen and oxygen atoms in total. The molecule has 7 heteroatoms. The molecule has 0 atom stereocenters. The van der Waals surface area contributed by atoms with Gasteiger partial charge in [0.25, 0.3) is 5.91 Å². The molecular weight excluding hydrogens is 515 g/mol. The molecule has 0 radical (unpaired) electrons. The van der Waals surface area contributed by atoms with E-state index in [1.807, 2.05) is 49.4 Å². The second kappa shape index (κ2) is 13.3. The SMILES string of the molecule is CCOc1cc(/C=C(\C#N)C(=O)Nc2ccc(OCc3ccccc3)cc2)cc(Cl)c1Cc1cccc(F)c1. The van der Waals surface area contributed by atoms with Crippen molar-refractivity contribution >= 4 is 29.3 Å². The van der Waals surface area contributed by atoms with Crippen molar-refractivity contribution in [3.05, 3.63) is 130 Å². The van der Waals surface area contributed by atoms with Crippen LogP contribution in [0.1, 0.15) is 29.2 Å². The number of amides is 1. The molecule has 4 aromatic carbocycles. The molecule has 0 aliphatic heterocycles. The number of carbonyl (C=O) groups excluding carboxylic acids is 1. The molecule has 1 N–H and O–H groups in total. The van der Waals surface area contributed by atoms with Gasteiger partial charge in [-0.1, -0.05) is 54.1 Å². The van der Waals surface area contributed by atoms with E-state index in [1.54, 1.807) is 42.5 Å². The number of anilines is 1. The lowest BCUT2D eigenvalue weighted by atomic mass is 10.0. The zero-order valence-electron chi connectivity index (χ0n) is 21.3. The first-order valence-electron chi connectivity index (χ1n) is 12.3. The van der Waals surface area contributed by atoms with Crippen molar-refractivity contribution in [3.63, 3.8) is 0 Å². The number of nitriles is 1. The Labute approximate surface area is 232 Å². The molecule has 4 rings (SSSR count). The van der Waals surface area contributed by atoms with E-state index in [-0.39, 0.29) is 11.4 Å². The first kappa shape index (κ1) is 27.4. The van der Waals surface area contributed by atoms with Gasteiger partial charge in [-0.3, -0.25) is 4.79 Å². The summed E-state index contributed by atoms with van der Waals surface area (Å²) in [6.45, 7) is 2.66. The van der Waals surface area contributed by atoms with Gasteiger partial charge in [0.15, 0.2) is 0 Å². The van der Waals surface area contributed by atoms with Gasteiger partial charge in [0.05, 0.1) is 6.61 Å². The lowest BCUT2D eigenvalue weighted by Gasteiger charge is -2.14. The normalized spacial score (nSPS) is 11.0. The van der Waals surface area contributed by atoms with Crippen LogP contribution in [-0.2, 0) is 17.8 Å². The zero-order chi connectivity index (χ0) is 27.6. The molecule has 196 valence electrons. The first-order valence-corrected chi connectivity index (χ1v) is 12.7. The van der Waals surface area contributed by atoms with Gasteiger partial charge in [-0.25, -0.2) is 4.39 Å². The lowest BCUT2D eigenvalue weighted by Crippen LogP contribution is -2.13. The fourth-order valence-electron chi connectivity index (χ4n) is 3.91. The van der Waals surface area contributed by atoms with Crippen LogP contribution in [0.25, 0.3) is 6.08 Å². The number of hydrogen-bond acceptors (Lipinski definition) is 4. The van der Waals surface area contributed by atoms with Crippen molar-refractivity contribution in [2.24, 2.45) is 0 Å². The largest absolute Gasteiger partial charge is 0.494 e. The van der Waals surface area contributed by atoms with Crippen LogP contribution >= 0.6 is 11.6 Å². The van der Waals surface area contributed by atoms with Crippen LogP contribution in [0.3, 0.4) is 0 Å². The minimum absolute atomic E-state index is 0.101. The van der Waals surface area contributed by atoms with Crippen LogP contribution in [0, 0.1) is 17.1 Å². The summed E-state index contributed by atoms with van der Waals surface area (Å²) in [5.41, 5.74) is 3.44. The highest BCUT2D eigenvalue weighted by atomic mass is 35.5. The Kier molecular flexibility index (Phi) is 9.34. The third-order valence-corrected chi connectivity index (χ3v) is 6.12. The number of carbonyl (C=O) groups is 1. The van der Waals surface area contributed by atoms with E-state index in [2.05, 4.69) is 5.32 Å². The summed E-state index contributed by atoms with van der Waals surface area (Å²) in [4.78, 5) is 12.8. The van der Waals surface area contributed by atoms with Crippen LogP contribution in [-0.4, -0.2) is 12.5 Å². The van der Waals surface area contributed by atoms with E-state index < -0.39 is 5.91 Å². The van der Waals surface area contributed by atoms with Gasteiger partial charge in [0.2, 0.25) is 0 Å². The van der Waals surface area contributed by atoms with Crippen molar-refractivity contribution in [1.29, 1.82) is 5.26 Å². The topological polar surface area (TPSA) is 71.3 Å². The van der Waals surface area contributed by atoms with Crippen molar-refractivity contribution < 1.29 is 18.7 Å². The maximum absolute atomic E-state index is 13.7. The molecule has 0 saturated heterocycles. The third kappa shape index (κ3) is 7.70. The Balaban J connectivity index is 1.47. The van der Waals surface area contributed by atoms with Gasteiger partial charge in [-0.15, -0.1) is 0 Å². The smallest absolute Gasteiger partial charge is 0.266 e. The fraction of sp³-hybridized carbons (Fsp3) is 0.125. The summed E-state index contributed by atoms with van der Waals surface area (Å²) in [5.74, 6) is 0.266. The summed E-state index contributed by atoms with van der Waals surface area (Å²) < 4.78 is 25.2. The molecule has 0 aliphatic carbocycles. The number of halogens is 2. The monoisotopic (exact) mass is 540 g/mol. The minimum atomic E-state index is -0.562. The number of benzene rings is 4. The third-order valence-electron chi connectivity index (χ3n) is 5.78. The number of nitrogens with one attached hydrogen (secondary N) is 1. The van der Waals surface area contributed by atoms with Gasteiger partial charge in [0, 0.05) is 22.7 Å². The molecule has 0 bridgehead atoms. The van der Waals surface area contributed by atoms with Crippen LogP contribution < -0.4 is 14.8 Å². The molecule has 39 heavy (non-hydrogen) atoms. The van der Waals surface area contributed by atoms with E-state index in [0.29, 0.717) is 53.0 Å². The molecule has 0 heterocycles. The summed E-state index contributed by atoms with van der Waals surface area (Å²) >= 11 is 6.58. The Morgan fingerprint density at radius 2 is 1.72 bits per heavy atom. The Bertz CT molecular complexity index is 1510. The average Bonchev–Trinajstić information content (AvgIpc) is 2.94. The highest BCUT2D eigenvalue weighted by molar-refractivity contribution is 6.31. The predicted molar refractivity (Wildman–Crippen MR) is 151 cm³/mol. The Morgan fingerprint density at radius 1 is 0.974 bits per heavy atom. The van der Waals surface area contributed by atoms with E-state index in [1.165, 1.54) is 18.2 Å². The molecule has 1 amide bonds. The van der Waals surface area contributed by atoms with Gasteiger partial charge < -0.3 is 14.8 Å². The minimum Gasteiger partial charge on any atom is -0.494 e. The zero-order valence-corrected chi connectivity index (χ0v) is 22.0. The average molecular weight is 541 g/mol. The standard InChI is InChI=1S/C32H26ClFN2O3/c1-2-38-31-19-24(18-30(33)29(31)17-23-9-6-10-26(34)16-23)15-25(20-35)32(37)36-27-11-13-28(14-12-27)39-21-22-7-4-3-5-8-22/h3-16,18-19H,2,17,21H2,1H3,(H,36,37)/b25-15+. The maximum Gasteiger partial charge on any atom is 0.266 e. The van der Waals surface area contributed by atoms with E-state index in [0.717, 1.165) is 11.1 Å². The van der Waals surface area contributed by atoms with Crippen molar-refractivity contribution in [2.45, 2.75) is 20.0 Å². The van der Waals surface area contributed by atoms with E-state index in [4.69, 9.17) is 21.1 Å². The molecule has 0 fully saturated rings. The summed E-state index contributed by atoms with van der Waals surface area (Å²) in [6.07, 6.45) is 1.82. The highest BCUT2D eigenvalue weighted by Crippen LogP contribution is 2.32. The Morgan fingerprint density at radius 3 is 2.41 bits per heavy atom. The number of nitrogens with zero attached hydrogens (tertiary/aromatic N) is 1. The van der Waals surface area contributed by atoms with Gasteiger partial charge in [-0.2, -0.15) is 5.26 Å². The van der Waals surface area contributed by atoms with Crippen molar-refractivity contribution in [1.82, 2.24) is 0 Å². The second-order valence-corrected chi connectivity index (χ2v) is 9.05. The van der Waals surface area contributed by atoms with E-state index >= 15 is 0 Å². The van der Waals surface area contributed by atoms with Crippen LogP contribution in [0.2, 0.25) is 5.02 Å². The molecule has 0 aliphatic rings.